The van der Waals surface area contributed by atoms with Crippen LogP contribution in [0.15, 0.2) is 51.5 Å². The number of alkyl halides is 2. The van der Waals surface area contributed by atoms with Gasteiger partial charge in [0.2, 0.25) is 0 Å². The molecule has 0 heterocycles. The van der Waals surface area contributed by atoms with E-state index in [2.05, 4.69) is 9.44 Å². The molecule has 22 heavy (non-hydrogen) atoms. The first-order valence-electron chi connectivity index (χ1n) is 5.98. The van der Waals surface area contributed by atoms with Gasteiger partial charge in [0.25, 0.3) is 0 Å². The van der Waals surface area contributed by atoms with Crippen LogP contribution in [-0.2, 0) is 19.2 Å². The van der Waals surface area contributed by atoms with Gasteiger partial charge in [-0.15, -0.1) is 23.2 Å². The lowest BCUT2D eigenvalue weighted by Gasteiger charge is -2.29. The Morgan fingerprint density at radius 1 is 1.27 bits per heavy atom. The van der Waals surface area contributed by atoms with Gasteiger partial charge in [-0.1, -0.05) is 35.0 Å². The van der Waals surface area contributed by atoms with E-state index in [-0.39, 0.29) is 15.6 Å². The van der Waals surface area contributed by atoms with Crippen molar-refractivity contribution >= 4 is 56.4 Å². The fourth-order valence-corrected chi connectivity index (χ4v) is 3.22. The van der Waals surface area contributed by atoms with Crippen LogP contribution in [0.4, 0.5) is 0 Å². The first-order chi connectivity index (χ1) is 10.2. The van der Waals surface area contributed by atoms with Crippen molar-refractivity contribution in [2.45, 2.75) is 22.1 Å². The van der Waals surface area contributed by atoms with Crippen molar-refractivity contribution < 1.29 is 17.5 Å². The topological polar surface area (TPSA) is 72.8 Å². The number of benzene rings is 1. The molecule has 0 aromatic heterocycles. The van der Waals surface area contributed by atoms with E-state index in [9.17, 15) is 13.2 Å². The lowest BCUT2D eigenvalue weighted by Crippen LogP contribution is -2.46. The van der Waals surface area contributed by atoms with Gasteiger partial charge in [-0.3, -0.25) is 9.08 Å². The fourth-order valence-electron chi connectivity index (χ4n) is 1.69. The fraction of sp³-hybridized carbons (Fsp3) is 0.231. The van der Waals surface area contributed by atoms with E-state index in [0.717, 1.165) is 6.08 Å². The second-order valence-electron chi connectivity index (χ2n) is 4.62. The summed E-state index contributed by atoms with van der Waals surface area (Å²) in [7, 11) is -4.10. The number of halogens is 3. The standard InChI is InChI=1S/C13H10Cl3NO4S/c1-13(16)11(15)10(7-9(14)12(13)18)17-21-22(19,20)8-5-3-2-4-6-8/h2-7,11H,1H3/b17-10-/t11-,13+/m1/s1. The maximum atomic E-state index is 12.0. The van der Waals surface area contributed by atoms with E-state index < -0.39 is 26.2 Å². The molecule has 0 fully saturated rings. The second kappa shape index (κ2) is 6.20. The lowest BCUT2D eigenvalue weighted by atomic mass is 9.92. The van der Waals surface area contributed by atoms with Gasteiger partial charge in [0.1, 0.15) is 20.9 Å². The third-order valence-electron chi connectivity index (χ3n) is 2.94. The molecule has 0 radical (unpaired) electrons. The number of allylic oxidation sites excluding steroid dienone is 2. The van der Waals surface area contributed by atoms with E-state index in [1.807, 2.05) is 0 Å². The molecular formula is C13H10Cl3NO4S. The average Bonchev–Trinajstić information content (AvgIpc) is 2.49. The number of nitrogens with zero attached hydrogens (tertiary/aromatic N) is 1. The highest BCUT2D eigenvalue weighted by Crippen LogP contribution is 2.35. The first-order valence-corrected chi connectivity index (χ1v) is 8.58. The van der Waals surface area contributed by atoms with Crippen LogP contribution in [0.5, 0.6) is 0 Å². The predicted molar refractivity (Wildman–Crippen MR) is 85.0 cm³/mol. The average molecular weight is 383 g/mol. The third kappa shape index (κ3) is 3.30. The molecule has 0 spiro atoms. The molecule has 2 rings (SSSR count). The molecule has 9 heteroatoms. The maximum Gasteiger partial charge on any atom is 0.358 e. The molecule has 0 saturated carbocycles. The van der Waals surface area contributed by atoms with Crippen LogP contribution in [0.2, 0.25) is 0 Å². The zero-order valence-corrected chi connectivity index (χ0v) is 14.2. The van der Waals surface area contributed by atoms with Gasteiger partial charge in [-0.25, -0.2) is 0 Å². The minimum Gasteiger partial charge on any atom is -0.291 e. The molecule has 0 saturated heterocycles. The number of hydrogen-bond acceptors (Lipinski definition) is 5. The largest absolute Gasteiger partial charge is 0.358 e. The molecule has 0 unspecified atom stereocenters. The molecule has 118 valence electrons. The summed E-state index contributed by atoms with van der Waals surface area (Å²) in [6, 6.07) is 7.45. The van der Waals surface area contributed by atoms with E-state index in [1.165, 1.54) is 19.1 Å². The van der Waals surface area contributed by atoms with Gasteiger partial charge in [0.15, 0.2) is 5.78 Å². The van der Waals surface area contributed by atoms with Gasteiger partial charge < -0.3 is 0 Å². The smallest absolute Gasteiger partial charge is 0.291 e. The Balaban J connectivity index is 2.33. The molecule has 1 aliphatic carbocycles. The highest BCUT2D eigenvalue weighted by molar-refractivity contribution is 7.86. The first kappa shape index (κ1) is 17.3. The molecule has 2 atom stereocenters. The van der Waals surface area contributed by atoms with Crippen LogP contribution < -0.4 is 0 Å². The summed E-state index contributed by atoms with van der Waals surface area (Å²) in [5, 5.41) is 2.20. The van der Waals surface area contributed by atoms with Crippen LogP contribution >= 0.6 is 34.8 Å². The Morgan fingerprint density at radius 2 is 1.86 bits per heavy atom. The summed E-state index contributed by atoms with van der Waals surface area (Å²) >= 11 is 17.8. The zero-order valence-electron chi connectivity index (χ0n) is 11.2. The Labute approximate surface area is 142 Å². The van der Waals surface area contributed by atoms with E-state index in [4.69, 9.17) is 34.8 Å². The number of carbonyl (C=O) groups is 1. The summed E-state index contributed by atoms with van der Waals surface area (Å²) in [6.07, 6.45) is 1.13. The highest BCUT2D eigenvalue weighted by atomic mass is 35.5. The van der Waals surface area contributed by atoms with Crippen molar-refractivity contribution in [3.05, 3.63) is 41.4 Å². The van der Waals surface area contributed by atoms with E-state index in [0.29, 0.717) is 0 Å². The van der Waals surface area contributed by atoms with Crippen LogP contribution in [0.25, 0.3) is 0 Å². The van der Waals surface area contributed by atoms with Gasteiger partial charge in [0, 0.05) is 0 Å². The van der Waals surface area contributed by atoms with Crippen molar-refractivity contribution in [3.63, 3.8) is 0 Å². The van der Waals surface area contributed by atoms with Crippen molar-refractivity contribution in [3.8, 4) is 0 Å². The van der Waals surface area contributed by atoms with Crippen LogP contribution in [0, 0.1) is 0 Å². The third-order valence-corrected chi connectivity index (χ3v) is 5.51. The number of carbonyl (C=O) groups excluding carboxylic acids is 1. The van der Waals surface area contributed by atoms with E-state index in [1.54, 1.807) is 18.2 Å². The molecule has 0 bridgehead atoms. The number of oxime groups is 1. The summed E-state index contributed by atoms with van der Waals surface area (Å²) in [5.41, 5.74) is -0.0525. The summed E-state index contributed by atoms with van der Waals surface area (Å²) in [6.45, 7) is 1.37. The minimum atomic E-state index is -4.10. The van der Waals surface area contributed by atoms with Crippen molar-refractivity contribution in [2.24, 2.45) is 5.16 Å². The number of Topliss-reactive ketones (excluding diaryl/α,β-unsaturated/α-hetero) is 1. The van der Waals surface area contributed by atoms with Crippen LogP contribution in [0.1, 0.15) is 6.92 Å². The van der Waals surface area contributed by atoms with E-state index >= 15 is 0 Å². The Morgan fingerprint density at radius 3 is 2.45 bits per heavy atom. The maximum absolute atomic E-state index is 12.0. The molecule has 0 amide bonds. The van der Waals surface area contributed by atoms with Gasteiger partial charge >= 0.3 is 10.1 Å². The molecule has 5 nitrogen and oxygen atoms in total. The predicted octanol–water partition coefficient (Wildman–Crippen LogP) is 3.06. The molecular weight excluding hydrogens is 373 g/mol. The summed E-state index contributed by atoms with van der Waals surface area (Å²) < 4.78 is 28.5. The highest BCUT2D eigenvalue weighted by Gasteiger charge is 2.46. The van der Waals surface area contributed by atoms with Crippen molar-refractivity contribution in [1.29, 1.82) is 0 Å². The van der Waals surface area contributed by atoms with Gasteiger partial charge in [0.05, 0.1) is 5.03 Å². The molecule has 0 N–H and O–H groups in total. The quantitative estimate of drug-likeness (QED) is 0.595. The molecule has 0 aliphatic heterocycles. The summed E-state index contributed by atoms with van der Waals surface area (Å²) in [5.74, 6) is -0.569. The molecule has 1 aliphatic rings. The molecule has 1 aromatic rings. The van der Waals surface area contributed by atoms with Crippen LogP contribution in [0.3, 0.4) is 0 Å². The Kier molecular flexibility index (Phi) is 4.87. The van der Waals surface area contributed by atoms with Gasteiger partial charge in [-0.2, -0.15) is 8.42 Å². The Bertz CT molecular complexity index is 757. The lowest BCUT2D eigenvalue weighted by molar-refractivity contribution is -0.116. The van der Waals surface area contributed by atoms with Crippen molar-refractivity contribution in [1.82, 2.24) is 0 Å². The minimum absolute atomic E-state index is 0.0525. The van der Waals surface area contributed by atoms with Crippen LogP contribution in [-0.4, -0.2) is 30.2 Å². The SMILES string of the molecule is C[C@@]1(Cl)C(=O)C(Cl)=C/C(=N/OS(=O)(=O)c2ccccc2)[C@H]1Cl. The summed E-state index contributed by atoms with van der Waals surface area (Å²) in [4.78, 5) is 10.2. The number of ketones is 1. The number of rotatable bonds is 3. The van der Waals surface area contributed by atoms with Gasteiger partial charge in [-0.05, 0) is 25.1 Å². The van der Waals surface area contributed by atoms with Crippen molar-refractivity contribution in [2.75, 3.05) is 0 Å². The Hall–Kier alpha value is -1.08. The second-order valence-corrected chi connectivity index (χ2v) is 7.77. The molecule has 1 aromatic carbocycles. The monoisotopic (exact) mass is 381 g/mol. The number of hydrogen-bond donors (Lipinski definition) is 0. The zero-order chi connectivity index (χ0) is 16.5. The normalized spacial score (nSPS) is 27.6.